The zero-order chi connectivity index (χ0) is 13.0. The summed E-state index contributed by atoms with van der Waals surface area (Å²) in [5.74, 6) is 0.690. The number of nitrogens with one attached hydrogen (secondary N) is 1. The standard InChI is InChI=1S/C15H25N3/c1-12(2)17-11-14-7-5-9-18(3)15(14)13-6-4-8-16-10-13/h4,6,8,10,12,14-15,17H,5,7,9,11H2,1-3H3. The van der Waals surface area contributed by atoms with Crippen molar-refractivity contribution in [2.45, 2.75) is 38.8 Å². The molecular formula is C15H25N3. The highest BCUT2D eigenvalue weighted by Gasteiger charge is 2.30. The molecule has 0 aromatic carbocycles. The van der Waals surface area contributed by atoms with E-state index in [9.17, 15) is 0 Å². The van der Waals surface area contributed by atoms with Gasteiger partial charge in [0.1, 0.15) is 0 Å². The van der Waals surface area contributed by atoms with Crippen LogP contribution in [0.3, 0.4) is 0 Å². The SMILES string of the molecule is CC(C)NCC1CCCN(C)C1c1cccnc1. The summed E-state index contributed by atoms with van der Waals surface area (Å²) in [5, 5.41) is 3.59. The molecule has 1 N–H and O–H groups in total. The van der Waals surface area contributed by atoms with Gasteiger partial charge >= 0.3 is 0 Å². The van der Waals surface area contributed by atoms with Crippen LogP contribution in [0.4, 0.5) is 0 Å². The lowest BCUT2D eigenvalue weighted by Crippen LogP contribution is -2.41. The molecule has 0 saturated carbocycles. The first kappa shape index (κ1) is 13.5. The Kier molecular flexibility index (Phi) is 4.72. The molecule has 1 saturated heterocycles. The van der Waals surface area contributed by atoms with Gasteiger partial charge in [-0.2, -0.15) is 0 Å². The maximum Gasteiger partial charge on any atom is 0.0400 e. The normalized spacial score (nSPS) is 25.6. The highest BCUT2D eigenvalue weighted by molar-refractivity contribution is 5.16. The number of likely N-dealkylation sites (tertiary alicyclic amines) is 1. The van der Waals surface area contributed by atoms with Gasteiger partial charge in [0.05, 0.1) is 0 Å². The second-order valence-corrected chi connectivity index (χ2v) is 5.68. The molecule has 0 radical (unpaired) electrons. The predicted molar refractivity (Wildman–Crippen MR) is 75.5 cm³/mol. The molecule has 2 heterocycles. The zero-order valence-electron chi connectivity index (χ0n) is 11.8. The first-order valence-electron chi connectivity index (χ1n) is 7.02. The van der Waals surface area contributed by atoms with Crippen LogP contribution in [-0.4, -0.2) is 36.1 Å². The molecule has 0 amide bonds. The fraction of sp³-hybridized carbons (Fsp3) is 0.667. The summed E-state index contributed by atoms with van der Waals surface area (Å²) in [7, 11) is 2.24. The largest absolute Gasteiger partial charge is 0.314 e. The fourth-order valence-electron chi connectivity index (χ4n) is 2.94. The van der Waals surface area contributed by atoms with E-state index in [2.05, 4.69) is 42.2 Å². The number of nitrogens with zero attached hydrogens (tertiary/aromatic N) is 2. The molecule has 1 aliphatic rings. The highest BCUT2D eigenvalue weighted by Crippen LogP contribution is 2.34. The van der Waals surface area contributed by atoms with Crippen LogP contribution in [0, 0.1) is 5.92 Å². The Balaban J connectivity index is 2.10. The summed E-state index contributed by atoms with van der Waals surface area (Å²) in [4.78, 5) is 6.76. The third-order valence-corrected chi connectivity index (χ3v) is 3.82. The van der Waals surface area contributed by atoms with Gasteiger partial charge in [-0.15, -0.1) is 0 Å². The van der Waals surface area contributed by atoms with Gasteiger partial charge in [-0.3, -0.25) is 9.88 Å². The highest BCUT2D eigenvalue weighted by atomic mass is 15.1. The predicted octanol–water partition coefficient (Wildman–Crippen LogP) is 2.46. The van der Waals surface area contributed by atoms with Crippen molar-refractivity contribution >= 4 is 0 Å². The van der Waals surface area contributed by atoms with Gasteiger partial charge < -0.3 is 5.32 Å². The minimum atomic E-state index is 0.513. The molecule has 2 atom stereocenters. The monoisotopic (exact) mass is 247 g/mol. The van der Waals surface area contributed by atoms with Crippen LogP contribution in [0.1, 0.15) is 38.3 Å². The van der Waals surface area contributed by atoms with Crippen molar-refractivity contribution in [3.05, 3.63) is 30.1 Å². The zero-order valence-corrected chi connectivity index (χ0v) is 11.8. The van der Waals surface area contributed by atoms with Crippen LogP contribution in [0.15, 0.2) is 24.5 Å². The molecular weight excluding hydrogens is 222 g/mol. The Morgan fingerprint density at radius 3 is 3.00 bits per heavy atom. The molecule has 1 aromatic heterocycles. The summed E-state index contributed by atoms with van der Waals surface area (Å²) >= 11 is 0. The molecule has 3 nitrogen and oxygen atoms in total. The third kappa shape index (κ3) is 3.30. The van der Waals surface area contributed by atoms with E-state index in [0.717, 1.165) is 6.54 Å². The van der Waals surface area contributed by atoms with Crippen LogP contribution < -0.4 is 5.32 Å². The molecule has 0 bridgehead atoms. The van der Waals surface area contributed by atoms with E-state index in [1.54, 1.807) is 0 Å². The second kappa shape index (κ2) is 6.30. The molecule has 1 fully saturated rings. The Morgan fingerprint density at radius 2 is 2.33 bits per heavy atom. The van der Waals surface area contributed by atoms with Crippen LogP contribution in [0.5, 0.6) is 0 Å². The second-order valence-electron chi connectivity index (χ2n) is 5.68. The lowest BCUT2D eigenvalue weighted by molar-refractivity contribution is 0.118. The van der Waals surface area contributed by atoms with E-state index in [4.69, 9.17) is 0 Å². The summed E-state index contributed by atoms with van der Waals surface area (Å²) < 4.78 is 0. The summed E-state index contributed by atoms with van der Waals surface area (Å²) in [6, 6.07) is 5.33. The molecule has 100 valence electrons. The van der Waals surface area contributed by atoms with Gasteiger partial charge in [0.2, 0.25) is 0 Å². The van der Waals surface area contributed by atoms with Crippen LogP contribution >= 0.6 is 0 Å². The Bertz CT molecular complexity index is 350. The Morgan fingerprint density at radius 1 is 1.50 bits per heavy atom. The van der Waals surface area contributed by atoms with E-state index in [-0.39, 0.29) is 0 Å². The summed E-state index contributed by atoms with van der Waals surface area (Å²) in [6.07, 6.45) is 6.49. The Labute approximate surface area is 111 Å². The van der Waals surface area contributed by atoms with Crippen molar-refractivity contribution in [2.75, 3.05) is 20.1 Å². The topological polar surface area (TPSA) is 28.2 Å². The third-order valence-electron chi connectivity index (χ3n) is 3.82. The van der Waals surface area contributed by atoms with E-state index in [0.29, 0.717) is 18.0 Å². The molecule has 1 aromatic rings. The molecule has 1 aliphatic heterocycles. The van der Waals surface area contributed by atoms with E-state index in [1.165, 1.54) is 24.9 Å². The van der Waals surface area contributed by atoms with Crippen molar-refractivity contribution in [2.24, 2.45) is 5.92 Å². The minimum Gasteiger partial charge on any atom is -0.314 e. The molecule has 3 heteroatoms. The van der Waals surface area contributed by atoms with Gasteiger partial charge in [-0.1, -0.05) is 19.9 Å². The molecule has 18 heavy (non-hydrogen) atoms. The summed E-state index contributed by atoms with van der Waals surface area (Å²) in [6.45, 7) is 6.72. The number of aromatic nitrogens is 1. The van der Waals surface area contributed by atoms with Crippen LogP contribution in [-0.2, 0) is 0 Å². The average molecular weight is 247 g/mol. The van der Waals surface area contributed by atoms with E-state index >= 15 is 0 Å². The van der Waals surface area contributed by atoms with Crippen LogP contribution in [0.2, 0.25) is 0 Å². The quantitative estimate of drug-likeness (QED) is 0.886. The van der Waals surface area contributed by atoms with Gasteiger partial charge in [0, 0.05) is 31.0 Å². The number of hydrogen-bond donors (Lipinski definition) is 1. The number of piperidine rings is 1. The lowest BCUT2D eigenvalue weighted by Gasteiger charge is -2.39. The first-order valence-corrected chi connectivity index (χ1v) is 7.02. The Hall–Kier alpha value is -0.930. The summed E-state index contributed by atoms with van der Waals surface area (Å²) in [5.41, 5.74) is 1.36. The van der Waals surface area contributed by atoms with Crippen molar-refractivity contribution < 1.29 is 0 Å². The van der Waals surface area contributed by atoms with Crippen LogP contribution in [0.25, 0.3) is 0 Å². The molecule has 2 rings (SSSR count). The minimum absolute atomic E-state index is 0.513. The fourth-order valence-corrected chi connectivity index (χ4v) is 2.94. The van der Waals surface area contributed by atoms with Gasteiger partial charge in [-0.05, 0) is 44.0 Å². The van der Waals surface area contributed by atoms with Crippen molar-refractivity contribution in [3.63, 3.8) is 0 Å². The van der Waals surface area contributed by atoms with Gasteiger partial charge in [-0.25, -0.2) is 0 Å². The molecule has 0 spiro atoms. The van der Waals surface area contributed by atoms with Crippen molar-refractivity contribution in [1.82, 2.24) is 15.2 Å². The maximum atomic E-state index is 4.28. The number of rotatable bonds is 4. The van der Waals surface area contributed by atoms with Crippen molar-refractivity contribution in [1.29, 1.82) is 0 Å². The van der Waals surface area contributed by atoms with E-state index < -0.39 is 0 Å². The maximum absolute atomic E-state index is 4.28. The average Bonchev–Trinajstić information content (AvgIpc) is 2.37. The number of hydrogen-bond acceptors (Lipinski definition) is 3. The van der Waals surface area contributed by atoms with E-state index in [1.807, 2.05) is 18.5 Å². The first-order chi connectivity index (χ1) is 8.68. The van der Waals surface area contributed by atoms with Crippen molar-refractivity contribution in [3.8, 4) is 0 Å². The smallest absolute Gasteiger partial charge is 0.0400 e. The molecule has 2 unspecified atom stereocenters. The molecule has 0 aliphatic carbocycles. The van der Waals surface area contributed by atoms with Gasteiger partial charge in [0.25, 0.3) is 0 Å². The lowest BCUT2D eigenvalue weighted by atomic mass is 9.85. The number of pyridine rings is 1. The van der Waals surface area contributed by atoms with Gasteiger partial charge in [0.15, 0.2) is 0 Å².